The van der Waals surface area contributed by atoms with Gasteiger partial charge in [-0.25, -0.2) is 0 Å². The number of hydrogen-bond acceptors (Lipinski definition) is 7. The Morgan fingerprint density at radius 3 is 1.20 bits per heavy atom. The predicted octanol–water partition coefficient (Wildman–Crippen LogP) is 15.9. The number of allylic oxidation sites excluding steroid dienone is 10. The number of rotatable bonds is 52. The molecule has 0 N–H and O–H groups in total. The van der Waals surface area contributed by atoms with Gasteiger partial charge >= 0.3 is 11.9 Å². The zero-order valence-corrected chi connectivity index (χ0v) is 45.7. The summed E-state index contributed by atoms with van der Waals surface area (Å²) in [6.45, 7) is 4.58. The fourth-order valence-corrected chi connectivity index (χ4v) is 8.47. The van der Waals surface area contributed by atoms with Gasteiger partial charge in [0.25, 0.3) is 0 Å². The number of aliphatic carboxylic acids is 1. The molecule has 0 aliphatic heterocycles. The molecule has 8 nitrogen and oxygen atoms in total. The second-order valence-electron chi connectivity index (χ2n) is 20.5. The molecule has 0 saturated carbocycles. The molecule has 0 saturated heterocycles. The summed E-state index contributed by atoms with van der Waals surface area (Å²) in [5.41, 5.74) is 0. The van der Waals surface area contributed by atoms with Crippen molar-refractivity contribution < 1.29 is 38.2 Å². The lowest BCUT2D eigenvalue weighted by Crippen LogP contribution is -2.55. The van der Waals surface area contributed by atoms with Gasteiger partial charge in [-0.1, -0.05) is 222 Å². The normalized spacial score (nSPS) is 13.2. The van der Waals surface area contributed by atoms with Gasteiger partial charge < -0.3 is 28.6 Å². The Balaban J connectivity index is 4.18. The summed E-state index contributed by atoms with van der Waals surface area (Å²) in [5, 5.41) is 11.7. The quantitative estimate of drug-likeness (QED) is 0.0259. The summed E-state index contributed by atoms with van der Waals surface area (Å²) < 4.78 is 17.3. The largest absolute Gasteiger partial charge is 0.544 e. The van der Waals surface area contributed by atoms with Crippen LogP contribution in [0.3, 0.4) is 0 Å². The van der Waals surface area contributed by atoms with E-state index in [2.05, 4.69) is 74.6 Å². The number of likely N-dealkylation sites (N-methyl/N-ethyl adjacent to an activating group) is 1. The third-order valence-electron chi connectivity index (χ3n) is 12.9. The van der Waals surface area contributed by atoms with Crippen molar-refractivity contribution in [2.45, 2.75) is 270 Å². The molecule has 0 bridgehead atoms. The minimum Gasteiger partial charge on any atom is -0.544 e. The van der Waals surface area contributed by atoms with Crippen LogP contribution in [0.25, 0.3) is 0 Å². The summed E-state index contributed by atoms with van der Waals surface area (Å²) in [7, 11) is 5.42. The summed E-state index contributed by atoms with van der Waals surface area (Å²) in [6, 6.07) is -0.730. The molecule has 8 heteroatoms. The minimum absolute atomic E-state index is 0.0371. The number of ether oxygens (including phenoxy) is 3. The number of carboxylic acid groups (broad SMARTS) is 1. The van der Waals surface area contributed by atoms with Crippen LogP contribution in [0.2, 0.25) is 0 Å². The third-order valence-corrected chi connectivity index (χ3v) is 12.9. The lowest BCUT2D eigenvalue weighted by molar-refractivity contribution is -0.889. The van der Waals surface area contributed by atoms with Gasteiger partial charge in [0.15, 0.2) is 6.10 Å². The van der Waals surface area contributed by atoms with Crippen LogP contribution in [-0.2, 0) is 28.6 Å². The Kier molecular flexibility index (Phi) is 49.2. The summed E-state index contributed by atoms with van der Waals surface area (Å²) >= 11 is 0. The first kappa shape index (κ1) is 66.0. The maximum atomic E-state index is 12.8. The molecular weight excluding hydrogens is 859 g/mol. The third kappa shape index (κ3) is 49.8. The van der Waals surface area contributed by atoms with Crippen LogP contribution in [0, 0.1) is 0 Å². The zero-order valence-electron chi connectivity index (χ0n) is 45.7. The molecule has 0 radical (unpaired) electrons. The molecule has 0 rings (SSSR count). The van der Waals surface area contributed by atoms with Gasteiger partial charge in [0.2, 0.25) is 0 Å². The Labute approximate surface area is 426 Å². The molecule has 400 valence electrons. The van der Waals surface area contributed by atoms with Crippen molar-refractivity contribution in [3.8, 4) is 0 Å². The second-order valence-corrected chi connectivity index (χ2v) is 20.5. The summed E-state index contributed by atoms with van der Waals surface area (Å²) in [5.74, 6) is -1.74. The van der Waals surface area contributed by atoms with Crippen molar-refractivity contribution in [3.05, 3.63) is 60.8 Å². The number of quaternary nitrogens is 1. The number of carbonyl (C=O) groups excluding carboxylic acids is 3. The minimum atomic E-state index is -1.12. The highest BCUT2D eigenvalue weighted by molar-refractivity contribution is 5.70. The molecule has 0 spiro atoms. The van der Waals surface area contributed by atoms with E-state index in [9.17, 15) is 19.5 Å². The van der Waals surface area contributed by atoms with E-state index < -0.39 is 18.1 Å². The van der Waals surface area contributed by atoms with E-state index in [1.807, 2.05) is 21.1 Å². The first-order valence-electron chi connectivity index (χ1n) is 28.8. The molecule has 0 aliphatic rings. The molecule has 0 aromatic rings. The fraction of sp³-hybridized carbons (Fsp3) is 0.787. The van der Waals surface area contributed by atoms with E-state index in [1.165, 1.54) is 154 Å². The Morgan fingerprint density at radius 2 is 0.812 bits per heavy atom. The van der Waals surface area contributed by atoms with Gasteiger partial charge in [0.05, 0.1) is 40.3 Å². The molecule has 0 heterocycles. The van der Waals surface area contributed by atoms with Crippen molar-refractivity contribution in [2.24, 2.45) is 0 Å². The lowest BCUT2D eigenvalue weighted by atomic mass is 10.0. The first-order valence-corrected chi connectivity index (χ1v) is 28.8. The molecule has 0 fully saturated rings. The van der Waals surface area contributed by atoms with Crippen LogP contribution in [0.15, 0.2) is 60.8 Å². The molecule has 0 aliphatic carbocycles. The van der Waals surface area contributed by atoms with E-state index in [0.717, 1.165) is 70.6 Å². The van der Waals surface area contributed by atoms with E-state index in [4.69, 9.17) is 14.2 Å². The topological polar surface area (TPSA) is 102 Å². The van der Waals surface area contributed by atoms with Crippen LogP contribution in [0.4, 0.5) is 0 Å². The molecule has 2 atom stereocenters. The zero-order chi connectivity index (χ0) is 50.6. The van der Waals surface area contributed by atoms with Crippen LogP contribution < -0.4 is 5.11 Å². The molecule has 0 aromatic heterocycles. The fourth-order valence-electron chi connectivity index (χ4n) is 8.47. The SMILES string of the molecule is CC/C=C/C/C=C/C/C=C/CCCCCCCCCCCCCCCC(=O)OCC(COCCC(C(=O)[O-])[N+](C)(C)C)OC(=O)CCCCCCCCC/C=C/C/C=C/CCCCCCCCCC. The molecule has 2 unspecified atom stereocenters. The van der Waals surface area contributed by atoms with Crippen molar-refractivity contribution >= 4 is 17.9 Å². The van der Waals surface area contributed by atoms with E-state index in [0.29, 0.717) is 12.8 Å². The van der Waals surface area contributed by atoms with Gasteiger partial charge in [-0.2, -0.15) is 0 Å². The number of esters is 2. The van der Waals surface area contributed by atoms with Crippen molar-refractivity contribution in [2.75, 3.05) is 41.0 Å². The van der Waals surface area contributed by atoms with Gasteiger partial charge in [0.1, 0.15) is 12.6 Å². The van der Waals surface area contributed by atoms with Gasteiger partial charge in [-0.05, 0) is 77.0 Å². The number of hydrogen-bond donors (Lipinski definition) is 0. The Morgan fingerprint density at radius 1 is 0.449 bits per heavy atom. The maximum Gasteiger partial charge on any atom is 0.306 e. The van der Waals surface area contributed by atoms with E-state index in [-0.39, 0.29) is 42.7 Å². The van der Waals surface area contributed by atoms with Crippen LogP contribution >= 0.6 is 0 Å². The van der Waals surface area contributed by atoms with E-state index in [1.54, 1.807) is 0 Å². The monoisotopic (exact) mass is 968 g/mol. The van der Waals surface area contributed by atoms with Crippen molar-refractivity contribution in [1.29, 1.82) is 0 Å². The van der Waals surface area contributed by atoms with Crippen LogP contribution in [-0.4, -0.2) is 75.5 Å². The standard InChI is InChI=1S/C61H109NO7/c1-6-8-10-12-14-16-18-20-22-24-26-28-30-32-33-35-37-39-41-43-45-47-49-51-59(63)68-56-57(55-67-54-53-58(61(65)66)62(3,4)5)69-60(64)52-50-48-46-44-42-40-38-36-34-31-29-27-25-23-21-19-17-15-13-11-9-7-2/h8,10,14,16,20,22,25,27,31,34,57-58H,6-7,9,11-13,15,17-19,21,23-24,26,28-30,32-33,35-56H2,1-5H3/b10-8+,16-14+,22-20+,27-25+,34-31+. The van der Waals surface area contributed by atoms with Gasteiger partial charge in [0, 0.05) is 19.3 Å². The first-order chi connectivity index (χ1) is 33.6. The summed E-state index contributed by atoms with van der Waals surface area (Å²) in [4.78, 5) is 37.2. The highest BCUT2D eigenvalue weighted by atomic mass is 16.6. The van der Waals surface area contributed by atoms with Gasteiger partial charge in [-0.15, -0.1) is 0 Å². The summed E-state index contributed by atoms with van der Waals surface area (Å²) in [6.07, 6.45) is 65.5. The van der Waals surface area contributed by atoms with Crippen LogP contribution in [0.1, 0.15) is 258 Å². The number of carboxylic acids is 1. The Bertz CT molecular complexity index is 1310. The molecule has 69 heavy (non-hydrogen) atoms. The average Bonchev–Trinajstić information content (AvgIpc) is 3.31. The Hall–Kier alpha value is -2.97. The predicted molar refractivity (Wildman–Crippen MR) is 291 cm³/mol. The maximum absolute atomic E-state index is 12.8. The molecule has 0 amide bonds. The highest BCUT2D eigenvalue weighted by Crippen LogP contribution is 2.16. The van der Waals surface area contributed by atoms with Gasteiger partial charge in [-0.3, -0.25) is 9.59 Å². The molecule has 0 aromatic carbocycles. The smallest absolute Gasteiger partial charge is 0.306 e. The van der Waals surface area contributed by atoms with Crippen molar-refractivity contribution in [1.82, 2.24) is 0 Å². The highest BCUT2D eigenvalue weighted by Gasteiger charge is 2.25. The number of unbranched alkanes of at least 4 members (excludes halogenated alkanes) is 28. The van der Waals surface area contributed by atoms with Crippen LogP contribution in [0.5, 0.6) is 0 Å². The lowest BCUT2D eigenvalue weighted by Gasteiger charge is -2.34. The second kappa shape index (κ2) is 51.4. The number of carbonyl (C=O) groups is 3. The number of nitrogens with zero attached hydrogens (tertiary/aromatic N) is 1. The van der Waals surface area contributed by atoms with E-state index >= 15 is 0 Å². The average molecular weight is 969 g/mol. The molecular formula is C61H109NO7. The van der Waals surface area contributed by atoms with Crippen molar-refractivity contribution in [3.63, 3.8) is 0 Å².